The number of unbranched alkanes of at least 4 members (excludes halogenated alkanes) is 9. The Bertz CT molecular complexity index is 860. The summed E-state index contributed by atoms with van der Waals surface area (Å²) in [5, 5.41) is 0. The van der Waals surface area contributed by atoms with Crippen molar-refractivity contribution in [3.8, 4) is 0 Å². The van der Waals surface area contributed by atoms with E-state index in [0.29, 0.717) is 12.0 Å². The molecule has 0 saturated heterocycles. The van der Waals surface area contributed by atoms with E-state index >= 15 is 0 Å². The molecule has 1 aromatic carbocycles. The zero-order valence-electron chi connectivity index (χ0n) is 27.1. The molecule has 0 heterocycles. The van der Waals surface area contributed by atoms with Crippen molar-refractivity contribution in [3.63, 3.8) is 0 Å². The average Bonchev–Trinajstić information content (AvgIpc) is 3.00. The van der Waals surface area contributed by atoms with Gasteiger partial charge in [-0.25, -0.2) is 8.42 Å². The Morgan fingerprint density at radius 2 is 1.00 bits per heavy atom. The quantitative estimate of drug-likeness (QED) is 0.103. The minimum Gasteiger partial charge on any atom is -0.744 e. The van der Waals surface area contributed by atoms with Gasteiger partial charge in [0.25, 0.3) is 0 Å². The molecule has 0 amide bonds. The second-order valence-corrected chi connectivity index (χ2v) is 24.7. The molecule has 0 unspecified atom stereocenters. The van der Waals surface area contributed by atoms with E-state index in [2.05, 4.69) is 6.92 Å². The summed E-state index contributed by atoms with van der Waals surface area (Å²) in [5.41, 5.74) is 0.664. The average molecular weight is 712 g/mol. The van der Waals surface area contributed by atoms with Crippen LogP contribution in [0.2, 0.25) is 11.8 Å². The van der Waals surface area contributed by atoms with E-state index < -0.39 is 29.9 Å². The second kappa shape index (κ2) is 22.4. The molecule has 0 bridgehead atoms. The van der Waals surface area contributed by atoms with Gasteiger partial charge in [-0.05, 0) is 24.5 Å². The summed E-state index contributed by atoms with van der Waals surface area (Å²) < 4.78 is 37.5. The van der Waals surface area contributed by atoms with Gasteiger partial charge >= 0.3 is 128 Å². The van der Waals surface area contributed by atoms with Crippen molar-refractivity contribution in [1.29, 1.82) is 0 Å². The second-order valence-electron chi connectivity index (χ2n) is 13.5. The van der Waals surface area contributed by atoms with Gasteiger partial charge in [0.15, 0.2) is 0 Å². The minimum atomic E-state index is -4.35. The van der Waals surface area contributed by atoms with Gasteiger partial charge in [-0.15, -0.1) is 0 Å². The Morgan fingerprint density at radius 3 is 1.40 bits per heavy atom. The number of aryl methyl sites for hydroxylation is 1. The van der Waals surface area contributed by atoms with Crippen LogP contribution in [0, 0.1) is 0 Å². The van der Waals surface area contributed by atoms with Crippen LogP contribution in [-0.4, -0.2) is 38.2 Å². The normalized spacial score (nSPS) is 19.2. The van der Waals surface area contributed by atoms with Crippen molar-refractivity contribution in [2.45, 2.75) is 191 Å². The van der Waals surface area contributed by atoms with Gasteiger partial charge in [0.1, 0.15) is 10.1 Å². The summed E-state index contributed by atoms with van der Waals surface area (Å²) in [7, 11) is -4.35. The van der Waals surface area contributed by atoms with Gasteiger partial charge in [0.05, 0.1) is 4.90 Å². The Hall–Kier alpha value is -0.111. The molecular formula is C36H64O4SSn-. The fraction of sp³-hybridized carbons (Fsp3) is 0.833. The molecule has 6 heteroatoms. The first-order chi connectivity index (χ1) is 20.0. The molecule has 3 aliphatic rings. The molecule has 2 N–H and O–H groups in total. The first-order valence-electron chi connectivity index (χ1n) is 17.9. The van der Waals surface area contributed by atoms with Crippen LogP contribution in [0.5, 0.6) is 0 Å². The zero-order chi connectivity index (χ0) is 29.2. The largest absolute Gasteiger partial charge is 0.744 e. The molecule has 0 aromatic heterocycles. The van der Waals surface area contributed by atoms with Crippen molar-refractivity contribution in [3.05, 3.63) is 29.8 Å². The summed E-state index contributed by atoms with van der Waals surface area (Å²) in [6.45, 7) is 2.23. The molecular weight excluding hydrogens is 647 g/mol. The van der Waals surface area contributed by atoms with E-state index in [1.807, 2.05) is 0 Å². The Morgan fingerprint density at radius 1 is 0.619 bits per heavy atom. The summed E-state index contributed by atoms with van der Waals surface area (Å²) >= 11 is -1.15. The number of hydrogen-bond acceptors (Lipinski definition) is 3. The molecule has 4 nitrogen and oxygen atoms in total. The topological polar surface area (TPSA) is 88.7 Å². The number of benzene rings is 1. The van der Waals surface area contributed by atoms with Crippen LogP contribution < -0.4 is 0 Å². The SMILES string of the molecule is C1CC[CH]([Sn]([CH]2CCCCC2)[CH]2CCCCC2)CC1.CCCCCCCCCCCCc1ccccc1S(=O)(=O)[O-].O. The molecule has 0 aliphatic heterocycles. The smallest absolute Gasteiger partial charge is 0.124 e. The zero-order valence-corrected chi connectivity index (χ0v) is 30.7. The number of hydrogen-bond donors (Lipinski definition) is 0. The summed E-state index contributed by atoms with van der Waals surface area (Å²) in [6.07, 6.45) is 37.4. The minimum absolute atomic E-state index is 0. The van der Waals surface area contributed by atoms with Gasteiger partial charge in [-0.2, -0.15) is 0 Å². The maximum Gasteiger partial charge on any atom is 0.124 e. The summed E-state index contributed by atoms with van der Waals surface area (Å²) in [5.74, 6) is 0. The van der Waals surface area contributed by atoms with Crippen LogP contribution in [0.25, 0.3) is 0 Å². The molecule has 4 rings (SSSR count). The Balaban J connectivity index is 0.000000289. The Labute approximate surface area is 267 Å². The fourth-order valence-electron chi connectivity index (χ4n) is 8.06. The third kappa shape index (κ3) is 14.3. The van der Waals surface area contributed by atoms with Gasteiger partial charge < -0.3 is 10.0 Å². The molecule has 0 spiro atoms. The van der Waals surface area contributed by atoms with Crippen LogP contribution in [0.3, 0.4) is 0 Å². The van der Waals surface area contributed by atoms with Crippen molar-refractivity contribution >= 4 is 29.9 Å². The third-order valence-electron chi connectivity index (χ3n) is 10.3. The maximum atomic E-state index is 11.2. The van der Waals surface area contributed by atoms with Crippen LogP contribution in [0.4, 0.5) is 0 Å². The molecule has 42 heavy (non-hydrogen) atoms. The molecule has 1 radical (unpaired) electrons. The van der Waals surface area contributed by atoms with Crippen LogP contribution in [-0.2, 0) is 16.5 Å². The van der Waals surface area contributed by atoms with E-state index in [-0.39, 0.29) is 10.4 Å². The molecule has 1 aromatic rings. The van der Waals surface area contributed by atoms with Gasteiger partial charge in [0, 0.05) is 0 Å². The molecule has 3 fully saturated rings. The van der Waals surface area contributed by atoms with E-state index in [9.17, 15) is 13.0 Å². The Kier molecular flexibility index (Phi) is 20.3. The molecule has 3 aliphatic carbocycles. The molecule has 0 atom stereocenters. The van der Waals surface area contributed by atoms with Crippen molar-refractivity contribution in [2.24, 2.45) is 0 Å². The monoisotopic (exact) mass is 712 g/mol. The van der Waals surface area contributed by atoms with Gasteiger partial charge in [-0.1, -0.05) is 82.9 Å². The predicted molar refractivity (Wildman–Crippen MR) is 180 cm³/mol. The standard InChI is InChI=1S/C18H30O3S.3C6H11.H2O.Sn/c1-2-3-4-5-6-7-8-9-10-11-14-17-15-12-13-16-18(17)22(19,20)21;3*1-2-4-6-5-3-1;;/h12-13,15-16H,2-11,14H2,1H3,(H,19,20,21);3*1H,2-6H2;1H2;/p-1. The number of rotatable bonds is 15. The first-order valence-corrected chi connectivity index (χ1v) is 24.3. The van der Waals surface area contributed by atoms with E-state index in [1.165, 1.54) is 69.2 Å². The first kappa shape index (κ1) is 38.1. The molecule has 243 valence electrons. The maximum absolute atomic E-state index is 11.2. The van der Waals surface area contributed by atoms with Crippen molar-refractivity contribution in [2.75, 3.05) is 0 Å². The van der Waals surface area contributed by atoms with E-state index in [4.69, 9.17) is 0 Å². The predicted octanol–water partition coefficient (Wildman–Crippen LogP) is 10.7. The van der Waals surface area contributed by atoms with Crippen LogP contribution in [0.1, 0.15) is 173 Å². The van der Waals surface area contributed by atoms with Crippen molar-refractivity contribution < 1.29 is 18.4 Å². The van der Waals surface area contributed by atoms with E-state index in [0.717, 1.165) is 12.8 Å². The fourth-order valence-corrected chi connectivity index (χ4v) is 23.7. The van der Waals surface area contributed by atoms with Crippen LogP contribution in [0.15, 0.2) is 29.2 Å². The van der Waals surface area contributed by atoms with Gasteiger partial charge in [-0.3, -0.25) is 0 Å². The van der Waals surface area contributed by atoms with Gasteiger partial charge in [0.2, 0.25) is 0 Å². The third-order valence-corrected chi connectivity index (χ3v) is 24.2. The van der Waals surface area contributed by atoms with Crippen LogP contribution >= 0.6 is 0 Å². The summed E-state index contributed by atoms with van der Waals surface area (Å²) in [4.78, 5) is -0.0501. The van der Waals surface area contributed by atoms with E-state index in [1.54, 1.807) is 115 Å². The van der Waals surface area contributed by atoms with Crippen molar-refractivity contribution in [1.82, 2.24) is 0 Å². The molecule has 3 saturated carbocycles. The summed E-state index contributed by atoms with van der Waals surface area (Å²) in [6, 6.07) is 6.56.